The van der Waals surface area contributed by atoms with E-state index in [9.17, 15) is 14.0 Å². The average Bonchev–Trinajstić information content (AvgIpc) is 3.47. The molecule has 5 rings (SSSR count). The maximum absolute atomic E-state index is 14.9. The number of aromatic nitrogens is 5. The van der Waals surface area contributed by atoms with E-state index in [-0.39, 0.29) is 27.4 Å². The summed E-state index contributed by atoms with van der Waals surface area (Å²) >= 11 is 6.33. The summed E-state index contributed by atoms with van der Waals surface area (Å²) in [5.74, 6) is -2.03. The highest BCUT2D eigenvalue weighted by Gasteiger charge is 2.24. The minimum atomic E-state index is -1.25. The van der Waals surface area contributed by atoms with E-state index >= 15 is 0 Å². The molecular formula is C24H15ClFN5O3. The summed E-state index contributed by atoms with van der Waals surface area (Å²) in [6.07, 6.45) is 1.43. The molecule has 5 aromatic rings. The van der Waals surface area contributed by atoms with Crippen LogP contribution < -0.4 is 0 Å². The first-order valence-electron chi connectivity index (χ1n) is 10.1. The van der Waals surface area contributed by atoms with Crippen LogP contribution in [0.3, 0.4) is 0 Å². The molecular weight excluding hydrogens is 461 g/mol. The number of nitrogens with zero attached hydrogens (tertiary/aromatic N) is 4. The van der Waals surface area contributed by atoms with Crippen LogP contribution in [0.1, 0.15) is 26.3 Å². The molecule has 0 fully saturated rings. The topological polar surface area (TPSA) is 114 Å². The van der Waals surface area contributed by atoms with Gasteiger partial charge in [-0.25, -0.2) is 9.18 Å². The highest BCUT2D eigenvalue weighted by Crippen LogP contribution is 2.33. The van der Waals surface area contributed by atoms with Crippen molar-refractivity contribution in [3.63, 3.8) is 0 Å². The molecule has 0 amide bonds. The fourth-order valence-electron chi connectivity index (χ4n) is 3.81. The Kier molecular flexibility index (Phi) is 5.18. The van der Waals surface area contributed by atoms with Gasteiger partial charge in [-0.15, -0.1) is 10.2 Å². The van der Waals surface area contributed by atoms with Gasteiger partial charge in [0.15, 0.2) is 5.82 Å². The van der Waals surface area contributed by atoms with E-state index in [0.717, 1.165) is 6.07 Å². The molecule has 0 aliphatic carbocycles. The quantitative estimate of drug-likeness (QED) is 0.379. The number of hydrogen-bond acceptors (Lipinski definition) is 5. The number of aromatic carboxylic acids is 1. The van der Waals surface area contributed by atoms with Crippen LogP contribution >= 0.6 is 11.6 Å². The lowest BCUT2D eigenvalue weighted by Gasteiger charge is -2.08. The molecule has 2 heterocycles. The molecule has 0 unspecified atom stereocenters. The second-order valence-corrected chi connectivity index (χ2v) is 7.97. The van der Waals surface area contributed by atoms with Gasteiger partial charge in [0.2, 0.25) is 0 Å². The van der Waals surface area contributed by atoms with Crippen LogP contribution in [-0.4, -0.2) is 41.9 Å². The SMILES string of the molecule is Cc1cccc(Cl)c1C(=O)n1nc(-c2ccc(C(=O)O)cc2F)c2ccc(-c3nnc[nH]3)cc21. The number of benzene rings is 3. The minimum Gasteiger partial charge on any atom is -0.478 e. The van der Waals surface area contributed by atoms with E-state index in [2.05, 4.69) is 20.3 Å². The van der Waals surface area contributed by atoms with Gasteiger partial charge in [0, 0.05) is 16.5 Å². The molecule has 0 saturated heterocycles. The van der Waals surface area contributed by atoms with Crippen molar-refractivity contribution in [1.82, 2.24) is 25.0 Å². The molecule has 0 aliphatic rings. The number of aryl methyl sites for hydroxylation is 1. The van der Waals surface area contributed by atoms with Gasteiger partial charge in [0.1, 0.15) is 17.8 Å². The van der Waals surface area contributed by atoms with E-state index in [4.69, 9.17) is 16.7 Å². The summed E-state index contributed by atoms with van der Waals surface area (Å²) < 4.78 is 16.1. The zero-order chi connectivity index (χ0) is 24.0. The molecule has 2 aromatic heterocycles. The van der Waals surface area contributed by atoms with Crippen LogP contribution in [0.2, 0.25) is 5.02 Å². The zero-order valence-corrected chi connectivity index (χ0v) is 18.3. The summed E-state index contributed by atoms with van der Waals surface area (Å²) in [6, 6.07) is 13.8. The molecule has 0 saturated carbocycles. The lowest BCUT2D eigenvalue weighted by Crippen LogP contribution is -2.15. The first-order valence-corrected chi connectivity index (χ1v) is 10.4. The smallest absolute Gasteiger partial charge is 0.335 e. The zero-order valence-electron chi connectivity index (χ0n) is 17.6. The molecule has 34 heavy (non-hydrogen) atoms. The molecule has 0 radical (unpaired) electrons. The first kappa shape index (κ1) is 21.5. The van der Waals surface area contributed by atoms with Gasteiger partial charge >= 0.3 is 5.97 Å². The number of H-pyrrole nitrogens is 1. The Morgan fingerprint density at radius 1 is 1.12 bits per heavy atom. The van der Waals surface area contributed by atoms with Crippen molar-refractivity contribution in [3.05, 3.63) is 88.5 Å². The predicted octanol–water partition coefficient (Wildman–Crippen LogP) is 4.98. The molecule has 2 N–H and O–H groups in total. The number of carboxylic acid groups (broad SMARTS) is 1. The fraction of sp³-hybridized carbons (Fsp3) is 0.0417. The van der Waals surface area contributed by atoms with E-state index in [1.165, 1.54) is 23.1 Å². The summed E-state index contributed by atoms with van der Waals surface area (Å²) in [5.41, 5.74) is 2.02. The number of aromatic amines is 1. The van der Waals surface area contributed by atoms with E-state index in [0.29, 0.717) is 27.9 Å². The number of carbonyl (C=O) groups is 2. The number of rotatable bonds is 4. The van der Waals surface area contributed by atoms with Crippen LogP contribution in [0.15, 0.2) is 60.9 Å². The normalized spacial score (nSPS) is 11.1. The van der Waals surface area contributed by atoms with Crippen molar-refractivity contribution in [1.29, 1.82) is 0 Å². The Balaban J connectivity index is 1.77. The van der Waals surface area contributed by atoms with Gasteiger partial charge in [0.25, 0.3) is 5.91 Å². The van der Waals surface area contributed by atoms with Crippen LogP contribution in [0.5, 0.6) is 0 Å². The number of fused-ring (bicyclic) bond motifs is 1. The number of carbonyl (C=O) groups excluding carboxylic acids is 1. The number of halogens is 2. The molecule has 0 spiro atoms. The van der Waals surface area contributed by atoms with Crippen molar-refractivity contribution in [2.75, 3.05) is 0 Å². The third kappa shape index (κ3) is 3.52. The first-order chi connectivity index (χ1) is 16.3. The van der Waals surface area contributed by atoms with Crippen molar-refractivity contribution >= 4 is 34.4 Å². The summed E-state index contributed by atoms with van der Waals surface area (Å²) in [5, 5.41) is 22.1. The van der Waals surface area contributed by atoms with E-state index < -0.39 is 17.7 Å². The largest absolute Gasteiger partial charge is 0.478 e. The summed E-state index contributed by atoms with van der Waals surface area (Å²) in [6.45, 7) is 1.76. The average molecular weight is 476 g/mol. The number of carboxylic acids is 1. The maximum atomic E-state index is 14.9. The van der Waals surface area contributed by atoms with E-state index in [1.807, 2.05) is 0 Å². The van der Waals surface area contributed by atoms with Gasteiger partial charge in [-0.05, 0) is 48.9 Å². The molecule has 3 aromatic carbocycles. The second-order valence-electron chi connectivity index (χ2n) is 7.57. The lowest BCUT2D eigenvalue weighted by atomic mass is 10.0. The fourth-order valence-corrected chi connectivity index (χ4v) is 4.11. The van der Waals surface area contributed by atoms with Gasteiger partial charge in [-0.2, -0.15) is 9.78 Å². The number of nitrogens with one attached hydrogen (secondary N) is 1. The van der Waals surface area contributed by atoms with Crippen LogP contribution in [0.25, 0.3) is 33.5 Å². The Hall–Kier alpha value is -4.37. The van der Waals surface area contributed by atoms with E-state index in [1.54, 1.807) is 43.3 Å². The van der Waals surface area contributed by atoms with Crippen LogP contribution in [0, 0.1) is 12.7 Å². The van der Waals surface area contributed by atoms with Crippen molar-refractivity contribution in [3.8, 4) is 22.6 Å². The van der Waals surface area contributed by atoms with Gasteiger partial charge < -0.3 is 10.1 Å². The summed E-state index contributed by atoms with van der Waals surface area (Å²) in [7, 11) is 0. The molecule has 10 heteroatoms. The second kappa shape index (κ2) is 8.20. The summed E-state index contributed by atoms with van der Waals surface area (Å²) in [4.78, 5) is 27.7. The van der Waals surface area contributed by atoms with Crippen molar-refractivity contribution in [2.24, 2.45) is 0 Å². The van der Waals surface area contributed by atoms with Crippen molar-refractivity contribution in [2.45, 2.75) is 6.92 Å². The maximum Gasteiger partial charge on any atom is 0.335 e. The molecule has 0 atom stereocenters. The van der Waals surface area contributed by atoms with Gasteiger partial charge in [0.05, 0.1) is 21.7 Å². The molecule has 8 nitrogen and oxygen atoms in total. The molecule has 168 valence electrons. The minimum absolute atomic E-state index is 0.0600. The van der Waals surface area contributed by atoms with Gasteiger partial charge in [-0.3, -0.25) is 4.79 Å². The molecule has 0 aliphatic heterocycles. The number of hydrogen-bond donors (Lipinski definition) is 2. The Morgan fingerprint density at radius 2 is 1.94 bits per heavy atom. The third-order valence-corrected chi connectivity index (χ3v) is 5.79. The Morgan fingerprint density at radius 3 is 2.62 bits per heavy atom. The lowest BCUT2D eigenvalue weighted by molar-refractivity contribution is 0.0696. The Labute approximate surface area is 196 Å². The highest BCUT2D eigenvalue weighted by atomic mass is 35.5. The van der Waals surface area contributed by atoms with Gasteiger partial charge in [-0.1, -0.05) is 29.8 Å². The van der Waals surface area contributed by atoms with Crippen molar-refractivity contribution < 1.29 is 19.1 Å². The standard InChI is InChI=1S/C24H15ClFN5O3/c1-12-3-2-4-17(25)20(12)23(32)31-19-10-13(22-27-11-28-29-22)5-8-16(19)21(30-31)15-7-6-14(24(33)34)9-18(15)26/h2-11H,1H3,(H,33,34)(H,27,28,29). The van der Waals surface area contributed by atoms with Crippen LogP contribution in [0.4, 0.5) is 4.39 Å². The highest BCUT2D eigenvalue weighted by molar-refractivity contribution is 6.34. The monoisotopic (exact) mass is 475 g/mol. The van der Waals surface area contributed by atoms with Crippen LogP contribution in [-0.2, 0) is 0 Å². The Bertz CT molecular complexity index is 1570. The third-order valence-electron chi connectivity index (χ3n) is 5.47. The molecule has 0 bridgehead atoms. The predicted molar refractivity (Wildman–Crippen MR) is 123 cm³/mol.